The molecule has 0 aliphatic heterocycles. The number of benzene rings is 1. The molecular weight excluding hydrogens is 294 g/mol. The Labute approximate surface area is 140 Å². The van der Waals surface area contributed by atoms with Crippen molar-refractivity contribution in [1.29, 1.82) is 0 Å². The summed E-state index contributed by atoms with van der Waals surface area (Å²) in [7, 11) is 0. The van der Waals surface area contributed by atoms with Crippen molar-refractivity contribution in [1.82, 2.24) is 5.32 Å². The maximum absolute atomic E-state index is 11.8. The molecule has 2 nitrogen and oxygen atoms in total. The van der Waals surface area contributed by atoms with Crippen LogP contribution in [0.4, 0.5) is 0 Å². The number of carbonyl (C=O) groups excluding carboxylic acids is 1. The van der Waals surface area contributed by atoms with Crippen LogP contribution in [-0.2, 0) is 11.3 Å². The van der Waals surface area contributed by atoms with Gasteiger partial charge in [0.25, 0.3) is 0 Å². The number of hydrogen-bond donors (Lipinski definition) is 1. The van der Waals surface area contributed by atoms with Gasteiger partial charge in [0, 0.05) is 18.0 Å². The molecule has 0 fully saturated rings. The monoisotopic (exact) mass is 323 g/mol. The molecule has 1 amide bonds. The van der Waals surface area contributed by atoms with Crippen molar-refractivity contribution >= 4 is 17.5 Å². The van der Waals surface area contributed by atoms with E-state index in [-0.39, 0.29) is 5.91 Å². The standard InChI is InChI=1S/C19H30ClNO/c1-2-3-4-5-6-7-8-9-10-11-19(22)21-16-17-12-14-18(20)15-13-17/h12-15H,2-11,16H2,1H3,(H,21,22). The highest BCUT2D eigenvalue weighted by Gasteiger charge is 2.01. The van der Waals surface area contributed by atoms with Gasteiger partial charge in [-0.1, -0.05) is 82.0 Å². The molecule has 0 radical (unpaired) electrons. The molecule has 22 heavy (non-hydrogen) atoms. The SMILES string of the molecule is CCCCCCCCCCCC(=O)NCc1ccc(Cl)cc1. The van der Waals surface area contributed by atoms with E-state index in [0.29, 0.717) is 13.0 Å². The summed E-state index contributed by atoms with van der Waals surface area (Å²) in [6, 6.07) is 7.59. The minimum absolute atomic E-state index is 0.151. The number of hydrogen-bond acceptors (Lipinski definition) is 1. The lowest BCUT2D eigenvalue weighted by atomic mass is 10.1. The fourth-order valence-corrected chi connectivity index (χ4v) is 2.61. The minimum Gasteiger partial charge on any atom is -0.352 e. The topological polar surface area (TPSA) is 29.1 Å². The largest absolute Gasteiger partial charge is 0.352 e. The van der Waals surface area contributed by atoms with Gasteiger partial charge in [-0.2, -0.15) is 0 Å². The molecule has 0 bridgehead atoms. The van der Waals surface area contributed by atoms with Crippen molar-refractivity contribution in [3.63, 3.8) is 0 Å². The van der Waals surface area contributed by atoms with E-state index in [9.17, 15) is 4.79 Å². The first-order chi connectivity index (χ1) is 10.7. The molecule has 1 rings (SSSR count). The van der Waals surface area contributed by atoms with Gasteiger partial charge in [-0.15, -0.1) is 0 Å². The molecule has 1 aromatic carbocycles. The molecular formula is C19H30ClNO. The van der Waals surface area contributed by atoms with Gasteiger partial charge in [-0.25, -0.2) is 0 Å². The van der Waals surface area contributed by atoms with Gasteiger partial charge >= 0.3 is 0 Å². The van der Waals surface area contributed by atoms with Crippen LogP contribution in [0.2, 0.25) is 5.02 Å². The summed E-state index contributed by atoms with van der Waals surface area (Å²) < 4.78 is 0. The molecule has 0 atom stereocenters. The first-order valence-electron chi connectivity index (χ1n) is 8.73. The summed E-state index contributed by atoms with van der Waals surface area (Å²) in [5, 5.41) is 3.69. The average Bonchev–Trinajstić information content (AvgIpc) is 2.53. The first-order valence-corrected chi connectivity index (χ1v) is 9.11. The second kappa shape index (κ2) is 12.5. The zero-order valence-corrected chi connectivity index (χ0v) is 14.6. The number of amides is 1. The highest BCUT2D eigenvalue weighted by atomic mass is 35.5. The summed E-state index contributed by atoms with van der Waals surface area (Å²) in [6.07, 6.45) is 12.2. The molecule has 0 aliphatic carbocycles. The van der Waals surface area contributed by atoms with Crippen LogP contribution in [0.25, 0.3) is 0 Å². The molecule has 0 aliphatic rings. The van der Waals surface area contributed by atoms with Crippen molar-refractivity contribution in [2.45, 2.75) is 77.7 Å². The van der Waals surface area contributed by atoms with Crippen LogP contribution in [0.5, 0.6) is 0 Å². The number of halogens is 1. The van der Waals surface area contributed by atoms with E-state index in [0.717, 1.165) is 17.0 Å². The molecule has 0 unspecified atom stereocenters. The Bertz CT molecular complexity index is 402. The van der Waals surface area contributed by atoms with Gasteiger partial charge in [0.1, 0.15) is 0 Å². The number of rotatable bonds is 12. The van der Waals surface area contributed by atoms with Gasteiger partial charge in [0.05, 0.1) is 0 Å². The predicted molar refractivity (Wildman–Crippen MR) is 95.1 cm³/mol. The van der Waals surface area contributed by atoms with Crippen molar-refractivity contribution in [3.05, 3.63) is 34.9 Å². The molecule has 0 saturated carbocycles. The van der Waals surface area contributed by atoms with Crippen molar-refractivity contribution in [2.75, 3.05) is 0 Å². The van der Waals surface area contributed by atoms with Crippen LogP contribution in [-0.4, -0.2) is 5.91 Å². The zero-order valence-electron chi connectivity index (χ0n) is 13.9. The molecule has 0 saturated heterocycles. The fraction of sp³-hybridized carbons (Fsp3) is 0.632. The van der Waals surface area contributed by atoms with E-state index < -0.39 is 0 Å². The highest BCUT2D eigenvalue weighted by molar-refractivity contribution is 6.30. The Morgan fingerprint density at radius 1 is 0.909 bits per heavy atom. The molecule has 3 heteroatoms. The fourth-order valence-electron chi connectivity index (χ4n) is 2.49. The number of nitrogens with one attached hydrogen (secondary N) is 1. The predicted octanol–water partition coefficient (Wildman–Crippen LogP) is 5.88. The van der Waals surface area contributed by atoms with E-state index in [4.69, 9.17) is 11.6 Å². The number of unbranched alkanes of at least 4 members (excludes halogenated alkanes) is 8. The third kappa shape index (κ3) is 9.83. The van der Waals surface area contributed by atoms with Gasteiger partial charge in [-0.05, 0) is 24.1 Å². The molecule has 1 N–H and O–H groups in total. The Hall–Kier alpha value is -1.02. The van der Waals surface area contributed by atoms with Crippen LogP contribution in [0.15, 0.2) is 24.3 Å². The average molecular weight is 324 g/mol. The van der Waals surface area contributed by atoms with E-state index in [2.05, 4.69) is 12.2 Å². The highest BCUT2D eigenvalue weighted by Crippen LogP contribution is 2.11. The van der Waals surface area contributed by atoms with Crippen LogP contribution in [0.3, 0.4) is 0 Å². The van der Waals surface area contributed by atoms with Crippen molar-refractivity contribution in [3.8, 4) is 0 Å². The summed E-state index contributed by atoms with van der Waals surface area (Å²) in [5.74, 6) is 0.151. The van der Waals surface area contributed by atoms with Gasteiger partial charge in [0.15, 0.2) is 0 Å². The molecule has 0 spiro atoms. The summed E-state index contributed by atoms with van der Waals surface area (Å²) >= 11 is 5.83. The second-order valence-electron chi connectivity index (χ2n) is 5.98. The third-order valence-corrected chi connectivity index (χ3v) is 4.16. The Balaban J connectivity index is 1.94. The molecule has 124 valence electrons. The van der Waals surface area contributed by atoms with E-state index in [1.807, 2.05) is 24.3 Å². The lowest BCUT2D eigenvalue weighted by molar-refractivity contribution is -0.121. The lowest BCUT2D eigenvalue weighted by Crippen LogP contribution is -2.22. The Morgan fingerprint density at radius 3 is 2.05 bits per heavy atom. The van der Waals surface area contributed by atoms with Crippen molar-refractivity contribution in [2.24, 2.45) is 0 Å². The summed E-state index contributed by atoms with van der Waals surface area (Å²) in [5.41, 5.74) is 1.09. The van der Waals surface area contributed by atoms with Gasteiger partial charge < -0.3 is 5.32 Å². The lowest BCUT2D eigenvalue weighted by Gasteiger charge is -2.06. The van der Waals surface area contributed by atoms with E-state index in [1.54, 1.807) is 0 Å². The quantitative estimate of drug-likeness (QED) is 0.478. The van der Waals surface area contributed by atoms with E-state index >= 15 is 0 Å². The molecule has 0 aromatic heterocycles. The van der Waals surface area contributed by atoms with E-state index in [1.165, 1.54) is 51.4 Å². The summed E-state index contributed by atoms with van der Waals surface area (Å²) in [4.78, 5) is 11.8. The molecule has 1 aromatic rings. The summed E-state index contributed by atoms with van der Waals surface area (Å²) in [6.45, 7) is 2.84. The zero-order chi connectivity index (χ0) is 16.0. The molecule has 0 heterocycles. The van der Waals surface area contributed by atoms with Crippen LogP contribution < -0.4 is 5.32 Å². The van der Waals surface area contributed by atoms with Crippen LogP contribution in [0.1, 0.15) is 76.7 Å². The minimum atomic E-state index is 0.151. The van der Waals surface area contributed by atoms with Crippen LogP contribution in [0, 0.1) is 0 Å². The second-order valence-corrected chi connectivity index (χ2v) is 6.42. The third-order valence-electron chi connectivity index (χ3n) is 3.91. The maximum atomic E-state index is 11.8. The Kier molecular flexibility index (Phi) is 10.8. The van der Waals surface area contributed by atoms with Crippen LogP contribution >= 0.6 is 11.6 Å². The maximum Gasteiger partial charge on any atom is 0.220 e. The Morgan fingerprint density at radius 2 is 1.45 bits per heavy atom. The normalized spacial score (nSPS) is 10.6. The number of carbonyl (C=O) groups is 1. The first kappa shape index (κ1) is 19.0. The van der Waals surface area contributed by atoms with Gasteiger partial charge in [0.2, 0.25) is 5.91 Å². The van der Waals surface area contributed by atoms with Crippen molar-refractivity contribution < 1.29 is 4.79 Å². The smallest absolute Gasteiger partial charge is 0.220 e. The van der Waals surface area contributed by atoms with Gasteiger partial charge in [-0.3, -0.25) is 4.79 Å².